The number of aryl methyl sites for hydroxylation is 1. The molecule has 208 valence electrons. The lowest BCUT2D eigenvalue weighted by atomic mass is 10.1. The first kappa shape index (κ1) is 26.9. The first-order valence-electron chi connectivity index (χ1n) is 13.8. The Morgan fingerprint density at radius 1 is 0.902 bits per heavy atom. The van der Waals surface area contributed by atoms with Crippen molar-refractivity contribution in [3.05, 3.63) is 113 Å². The highest BCUT2D eigenvalue weighted by atomic mass is 35.5. The van der Waals surface area contributed by atoms with Gasteiger partial charge in [-0.05, 0) is 48.7 Å². The van der Waals surface area contributed by atoms with Crippen molar-refractivity contribution in [2.24, 2.45) is 0 Å². The van der Waals surface area contributed by atoms with Crippen LogP contribution in [0, 0.1) is 12.7 Å². The summed E-state index contributed by atoms with van der Waals surface area (Å²) >= 11 is 6.60. The van der Waals surface area contributed by atoms with E-state index in [1.54, 1.807) is 16.8 Å². The molecule has 0 aliphatic carbocycles. The van der Waals surface area contributed by atoms with Gasteiger partial charge in [0, 0.05) is 32.6 Å². The van der Waals surface area contributed by atoms with Gasteiger partial charge in [-0.2, -0.15) is 5.10 Å². The number of halogens is 2. The smallest absolute Gasteiger partial charge is 0.245 e. The number of nitrogens with zero attached hydrogens (tertiary/aromatic N) is 6. The quantitative estimate of drug-likeness (QED) is 0.240. The van der Waals surface area contributed by atoms with Crippen LogP contribution in [-0.2, 0) is 11.2 Å². The molecule has 0 spiro atoms. The number of benzene rings is 3. The minimum absolute atomic E-state index is 0.0855. The molecule has 1 saturated heterocycles. The van der Waals surface area contributed by atoms with Crippen LogP contribution in [0.4, 0.5) is 10.2 Å². The molecule has 7 nitrogen and oxygen atoms in total. The van der Waals surface area contributed by atoms with Crippen molar-refractivity contribution in [3.8, 4) is 5.69 Å². The Morgan fingerprint density at radius 2 is 1.61 bits per heavy atom. The van der Waals surface area contributed by atoms with Gasteiger partial charge in [0.1, 0.15) is 22.8 Å². The summed E-state index contributed by atoms with van der Waals surface area (Å²) in [6.45, 7) is 4.41. The van der Waals surface area contributed by atoms with Gasteiger partial charge in [0.05, 0.1) is 16.8 Å². The third kappa shape index (κ3) is 5.65. The van der Waals surface area contributed by atoms with Crippen molar-refractivity contribution >= 4 is 34.4 Å². The van der Waals surface area contributed by atoms with E-state index >= 15 is 0 Å². The maximum absolute atomic E-state index is 13.7. The number of alkyl halides is 1. The number of anilines is 1. The molecule has 1 atom stereocenters. The molecule has 1 amide bonds. The van der Waals surface area contributed by atoms with E-state index in [-0.39, 0.29) is 11.7 Å². The maximum Gasteiger partial charge on any atom is 0.245 e. The molecule has 1 fully saturated rings. The summed E-state index contributed by atoms with van der Waals surface area (Å²) in [4.78, 5) is 27.4. The van der Waals surface area contributed by atoms with Crippen molar-refractivity contribution in [2.45, 2.75) is 25.1 Å². The molecule has 0 N–H and O–H groups in total. The summed E-state index contributed by atoms with van der Waals surface area (Å²) in [5.74, 6) is 1.07. The monoisotopic (exact) mass is 568 g/mol. The highest BCUT2D eigenvalue weighted by Crippen LogP contribution is 2.31. The first-order valence-corrected chi connectivity index (χ1v) is 14.2. The van der Waals surface area contributed by atoms with E-state index in [1.165, 1.54) is 12.1 Å². The van der Waals surface area contributed by atoms with Gasteiger partial charge in [-0.15, -0.1) is 11.6 Å². The fourth-order valence-corrected chi connectivity index (χ4v) is 5.61. The molecule has 0 bridgehead atoms. The Morgan fingerprint density at radius 3 is 2.34 bits per heavy atom. The van der Waals surface area contributed by atoms with Crippen molar-refractivity contribution in [2.75, 3.05) is 31.1 Å². The lowest BCUT2D eigenvalue weighted by molar-refractivity contribution is -0.130. The largest absolute Gasteiger partial charge is 0.354 e. The van der Waals surface area contributed by atoms with Crippen LogP contribution in [0.25, 0.3) is 16.7 Å². The molecule has 1 aliphatic heterocycles. The molecule has 0 unspecified atom stereocenters. The normalized spacial score (nSPS) is 14.7. The molecule has 0 radical (unpaired) electrons. The van der Waals surface area contributed by atoms with Gasteiger partial charge in [-0.25, -0.2) is 19.0 Å². The summed E-state index contributed by atoms with van der Waals surface area (Å²) < 4.78 is 15.5. The third-order valence-electron chi connectivity index (χ3n) is 7.42. The molecule has 2 aromatic heterocycles. The Hall–Kier alpha value is -4.30. The lowest BCUT2D eigenvalue weighted by Gasteiger charge is -2.25. The Bertz CT molecular complexity index is 1660. The zero-order chi connectivity index (χ0) is 28.3. The van der Waals surface area contributed by atoms with E-state index in [4.69, 9.17) is 26.7 Å². The SMILES string of the molecule is Cc1nn(-c2ccc(F)cc2)c2nc(Cc3ccccc3)nc(N3CCCN(C(=O)[C@@H](Cl)c4ccccc4)CC3)c12. The molecule has 9 heteroatoms. The number of hydrogen-bond donors (Lipinski definition) is 0. The minimum atomic E-state index is -0.720. The van der Waals surface area contributed by atoms with Gasteiger partial charge in [0.2, 0.25) is 5.91 Å². The van der Waals surface area contributed by atoms with Crippen LogP contribution in [0.3, 0.4) is 0 Å². The van der Waals surface area contributed by atoms with Crippen LogP contribution in [0.15, 0.2) is 84.9 Å². The number of amides is 1. The topological polar surface area (TPSA) is 67.2 Å². The van der Waals surface area contributed by atoms with Crippen molar-refractivity contribution < 1.29 is 9.18 Å². The number of rotatable bonds is 6. The van der Waals surface area contributed by atoms with E-state index in [2.05, 4.69) is 17.0 Å². The second-order valence-electron chi connectivity index (χ2n) is 10.2. The zero-order valence-electron chi connectivity index (χ0n) is 22.8. The summed E-state index contributed by atoms with van der Waals surface area (Å²) in [7, 11) is 0. The van der Waals surface area contributed by atoms with Gasteiger partial charge in [-0.1, -0.05) is 60.7 Å². The summed E-state index contributed by atoms with van der Waals surface area (Å²) in [6.07, 6.45) is 1.33. The van der Waals surface area contributed by atoms with Gasteiger partial charge >= 0.3 is 0 Å². The Labute approximate surface area is 243 Å². The lowest BCUT2D eigenvalue weighted by Crippen LogP contribution is -2.37. The highest BCUT2D eigenvalue weighted by Gasteiger charge is 2.28. The maximum atomic E-state index is 13.7. The van der Waals surface area contributed by atoms with E-state index in [1.807, 2.05) is 60.4 Å². The molecule has 5 aromatic rings. The molecular formula is C32H30ClFN6O. The van der Waals surface area contributed by atoms with Gasteiger partial charge in [0.15, 0.2) is 5.65 Å². The fourth-order valence-electron chi connectivity index (χ4n) is 5.33. The Balaban J connectivity index is 1.35. The number of carbonyl (C=O) groups excluding carboxylic acids is 1. The van der Waals surface area contributed by atoms with E-state index in [0.29, 0.717) is 37.5 Å². The van der Waals surface area contributed by atoms with Crippen molar-refractivity contribution in [1.82, 2.24) is 24.6 Å². The average Bonchev–Trinajstić information content (AvgIpc) is 3.16. The van der Waals surface area contributed by atoms with Crippen LogP contribution >= 0.6 is 11.6 Å². The molecule has 3 aromatic carbocycles. The minimum Gasteiger partial charge on any atom is -0.354 e. The highest BCUT2D eigenvalue weighted by molar-refractivity contribution is 6.30. The molecule has 3 heterocycles. The predicted molar refractivity (Wildman–Crippen MR) is 159 cm³/mol. The third-order valence-corrected chi connectivity index (χ3v) is 7.86. The summed E-state index contributed by atoms with van der Waals surface area (Å²) in [6, 6.07) is 25.8. The number of aromatic nitrogens is 4. The van der Waals surface area contributed by atoms with E-state index < -0.39 is 5.38 Å². The summed E-state index contributed by atoms with van der Waals surface area (Å²) in [5.41, 5.74) is 4.08. The van der Waals surface area contributed by atoms with Crippen molar-refractivity contribution in [3.63, 3.8) is 0 Å². The van der Waals surface area contributed by atoms with Gasteiger partial charge in [-0.3, -0.25) is 4.79 Å². The van der Waals surface area contributed by atoms with E-state index in [0.717, 1.165) is 46.7 Å². The van der Waals surface area contributed by atoms with Crippen molar-refractivity contribution in [1.29, 1.82) is 0 Å². The van der Waals surface area contributed by atoms with Crippen LogP contribution in [0.5, 0.6) is 0 Å². The number of fused-ring (bicyclic) bond motifs is 1. The van der Waals surface area contributed by atoms with Crippen LogP contribution in [0.2, 0.25) is 0 Å². The second-order valence-corrected chi connectivity index (χ2v) is 10.7. The second kappa shape index (κ2) is 11.7. The summed E-state index contributed by atoms with van der Waals surface area (Å²) in [5, 5.41) is 4.93. The predicted octanol–water partition coefficient (Wildman–Crippen LogP) is 5.87. The Kier molecular flexibility index (Phi) is 7.65. The molecule has 1 aliphatic rings. The van der Waals surface area contributed by atoms with Crippen LogP contribution in [0.1, 0.15) is 34.4 Å². The standard InChI is InChI=1S/C32H30ClFN6O/c1-22-28-30(38-17-8-18-39(20-19-38)32(41)29(33)24-11-6-3-7-12-24)35-27(21-23-9-4-2-5-10-23)36-31(28)40(37-22)26-15-13-25(34)14-16-26/h2-7,9-16,29H,8,17-21H2,1H3/t29-/m0/s1. The molecule has 6 rings (SSSR count). The number of hydrogen-bond acceptors (Lipinski definition) is 5. The van der Waals surface area contributed by atoms with Crippen LogP contribution in [-0.4, -0.2) is 56.7 Å². The van der Waals surface area contributed by atoms with Crippen LogP contribution < -0.4 is 4.90 Å². The number of carbonyl (C=O) groups is 1. The fraction of sp³-hybridized carbons (Fsp3) is 0.250. The molecule has 41 heavy (non-hydrogen) atoms. The average molecular weight is 569 g/mol. The van der Waals surface area contributed by atoms with E-state index in [9.17, 15) is 9.18 Å². The van der Waals surface area contributed by atoms with Gasteiger partial charge in [0.25, 0.3) is 0 Å². The molecule has 0 saturated carbocycles. The van der Waals surface area contributed by atoms with Gasteiger partial charge < -0.3 is 9.80 Å². The zero-order valence-corrected chi connectivity index (χ0v) is 23.5. The molecular weight excluding hydrogens is 539 g/mol. The first-order chi connectivity index (χ1) is 20.0.